The fourth-order valence-corrected chi connectivity index (χ4v) is 1.56. The van der Waals surface area contributed by atoms with Gasteiger partial charge in [-0.05, 0) is 44.9 Å². The number of aliphatic hydroxyl groups is 1. The molecule has 1 aliphatic rings. The maximum atomic E-state index is 11.5. The lowest BCUT2D eigenvalue weighted by molar-refractivity contribution is 0.0533. The zero-order valence-electron chi connectivity index (χ0n) is 11.4. The summed E-state index contributed by atoms with van der Waals surface area (Å²) in [5.41, 5.74) is 1.42. The first-order chi connectivity index (χ1) is 8.26. The summed E-state index contributed by atoms with van der Waals surface area (Å²) in [6.45, 7) is 7.77. The smallest absolute Gasteiger partial charge is 0.407 e. The van der Waals surface area contributed by atoms with Crippen LogP contribution in [0, 0.1) is 0 Å². The molecular weight excluding hydrogens is 230 g/mol. The van der Waals surface area contributed by atoms with Gasteiger partial charge >= 0.3 is 6.09 Å². The topological polar surface area (TPSA) is 58.6 Å². The fraction of sp³-hybridized carbons (Fsp3) is 0.500. The van der Waals surface area contributed by atoms with E-state index in [9.17, 15) is 9.90 Å². The van der Waals surface area contributed by atoms with Crippen molar-refractivity contribution >= 4 is 6.09 Å². The molecule has 4 heteroatoms. The third-order valence-corrected chi connectivity index (χ3v) is 2.22. The van der Waals surface area contributed by atoms with Crippen molar-refractivity contribution in [2.45, 2.75) is 39.7 Å². The van der Waals surface area contributed by atoms with Crippen LogP contribution >= 0.6 is 0 Å². The number of carbonyl (C=O) groups excluding carboxylic acids is 1. The summed E-state index contributed by atoms with van der Waals surface area (Å²) in [6.07, 6.45) is 5.59. The van der Waals surface area contributed by atoms with E-state index in [1.807, 2.05) is 39.8 Å². The molecule has 4 nitrogen and oxygen atoms in total. The Kier molecular flexibility index (Phi) is 4.59. The summed E-state index contributed by atoms with van der Waals surface area (Å²) in [7, 11) is 0. The molecule has 0 atom stereocenters. The molecule has 18 heavy (non-hydrogen) atoms. The largest absolute Gasteiger partial charge is 0.512 e. The van der Waals surface area contributed by atoms with Crippen LogP contribution in [0.5, 0.6) is 0 Å². The molecule has 0 aromatic rings. The van der Waals surface area contributed by atoms with Gasteiger partial charge in [-0.1, -0.05) is 12.2 Å². The molecule has 0 saturated carbocycles. The average molecular weight is 251 g/mol. The molecule has 0 spiro atoms. The number of alkyl carbamates (subject to hydrolysis) is 1. The molecule has 0 heterocycles. The van der Waals surface area contributed by atoms with E-state index in [0.29, 0.717) is 18.7 Å². The summed E-state index contributed by atoms with van der Waals surface area (Å²) >= 11 is 0. The molecule has 0 aromatic carbocycles. The van der Waals surface area contributed by atoms with E-state index in [0.717, 1.165) is 11.1 Å². The van der Waals surface area contributed by atoms with Gasteiger partial charge < -0.3 is 15.2 Å². The van der Waals surface area contributed by atoms with Gasteiger partial charge in [0.2, 0.25) is 0 Å². The summed E-state index contributed by atoms with van der Waals surface area (Å²) in [5, 5.41) is 12.2. The highest BCUT2D eigenvalue weighted by molar-refractivity contribution is 5.68. The normalized spacial score (nSPS) is 16.1. The number of ether oxygens (including phenoxy) is 1. The standard InChI is InChI=1S/C14H21NO3/c1-10-7-11(5-6-12(16)8-10)9-15-13(17)18-14(2,3)4/h5,7-8,16H,6,9H2,1-4H3,(H,15,17). The van der Waals surface area contributed by atoms with E-state index in [4.69, 9.17) is 4.74 Å². The monoisotopic (exact) mass is 251 g/mol. The number of carbonyl (C=O) groups is 1. The van der Waals surface area contributed by atoms with Gasteiger partial charge in [0, 0.05) is 13.0 Å². The van der Waals surface area contributed by atoms with Gasteiger partial charge in [0.15, 0.2) is 0 Å². The Balaban J connectivity index is 2.50. The second kappa shape index (κ2) is 5.76. The molecule has 0 unspecified atom stereocenters. The molecule has 0 aliphatic heterocycles. The van der Waals surface area contributed by atoms with Crippen molar-refractivity contribution in [2.24, 2.45) is 0 Å². The first-order valence-electron chi connectivity index (χ1n) is 6.00. The summed E-state index contributed by atoms with van der Waals surface area (Å²) in [4.78, 5) is 11.5. The van der Waals surface area contributed by atoms with Crippen LogP contribution in [0.2, 0.25) is 0 Å². The van der Waals surface area contributed by atoms with Crippen LogP contribution in [0.4, 0.5) is 4.79 Å². The average Bonchev–Trinajstić information content (AvgIpc) is 2.34. The molecule has 1 amide bonds. The zero-order chi connectivity index (χ0) is 13.8. The van der Waals surface area contributed by atoms with Crippen LogP contribution in [0.15, 0.2) is 35.1 Å². The van der Waals surface area contributed by atoms with Crippen molar-refractivity contribution in [1.29, 1.82) is 0 Å². The van der Waals surface area contributed by atoms with Crippen molar-refractivity contribution in [3.63, 3.8) is 0 Å². The number of aliphatic hydroxyl groups excluding tert-OH is 1. The van der Waals surface area contributed by atoms with Crippen LogP contribution in [0.3, 0.4) is 0 Å². The van der Waals surface area contributed by atoms with Gasteiger partial charge in [-0.25, -0.2) is 4.79 Å². The minimum Gasteiger partial charge on any atom is -0.512 e. The van der Waals surface area contributed by atoms with Crippen molar-refractivity contribution < 1.29 is 14.6 Å². The molecular formula is C14H21NO3. The van der Waals surface area contributed by atoms with E-state index in [1.54, 1.807) is 6.08 Å². The summed E-state index contributed by atoms with van der Waals surface area (Å²) < 4.78 is 5.15. The van der Waals surface area contributed by atoms with Crippen LogP contribution < -0.4 is 5.32 Å². The highest BCUT2D eigenvalue weighted by atomic mass is 16.6. The molecule has 1 aliphatic carbocycles. The van der Waals surface area contributed by atoms with Gasteiger partial charge in [0.05, 0.1) is 5.76 Å². The third-order valence-electron chi connectivity index (χ3n) is 2.22. The Hall–Kier alpha value is -1.71. The summed E-state index contributed by atoms with van der Waals surface area (Å²) in [5.74, 6) is 0.330. The predicted molar refractivity (Wildman–Crippen MR) is 71.4 cm³/mol. The Morgan fingerprint density at radius 2 is 2.11 bits per heavy atom. The SMILES string of the molecule is CC1=CC(CNC(=O)OC(C)(C)C)=CCC(O)=C1. The maximum Gasteiger partial charge on any atom is 0.407 e. The van der Waals surface area contributed by atoms with Crippen molar-refractivity contribution in [3.05, 3.63) is 35.1 Å². The number of allylic oxidation sites excluding steroid dienone is 3. The molecule has 100 valence electrons. The highest BCUT2D eigenvalue weighted by Gasteiger charge is 2.15. The van der Waals surface area contributed by atoms with E-state index >= 15 is 0 Å². The molecule has 0 fully saturated rings. The van der Waals surface area contributed by atoms with Gasteiger partial charge in [0.25, 0.3) is 0 Å². The van der Waals surface area contributed by atoms with Crippen LogP contribution in [-0.2, 0) is 4.74 Å². The minimum atomic E-state index is -0.493. The molecule has 0 saturated heterocycles. The minimum absolute atomic E-state index is 0.330. The Labute approximate surface area is 108 Å². The number of amides is 1. The van der Waals surface area contributed by atoms with E-state index < -0.39 is 11.7 Å². The predicted octanol–water partition coefficient (Wildman–Crippen LogP) is 3.23. The number of hydrogen-bond donors (Lipinski definition) is 2. The van der Waals surface area contributed by atoms with Gasteiger partial charge in [-0.15, -0.1) is 0 Å². The first-order valence-corrected chi connectivity index (χ1v) is 6.00. The lowest BCUT2D eigenvalue weighted by Crippen LogP contribution is -2.33. The maximum absolute atomic E-state index is 11.5. The molecule has 0 bridgehead atoms. The van der Waals surface area contributed by atoms with Crippen LogP contribution in [0.1, 0.15) is 34.1 Å². The third kappa shape index (κ3) is 5.57. The van der Waals surface area contributed by atoms with E-state index in [1.165, 1.54) is 0 Å². The zero-order valence-corrected chi connectivity index (χ0v) is 11.4. The van der Waals surface area contributed by atoms with Gasteiger partial charge in [-0.2, -0.15) is 0 Å². The fourth-order valence-electron chi connectivity index (χ4n) is 1.56. The van der Waals surface area contributed by atoms with Crippen molar-refractivity contribution in [1.82, 2.24) is 5.32 Å². The van der Waals surface area contributed by atoms with E-state index in [-0.39, 0.29) is 0 Å². The van der Waals surface area contributed by atoms with E-state index in [2.05, 4.69) is 5.32 Å². The number of nitrogens with one attached hydrogen (secondary N) is 1. The van der Waals surface area contributed by atoms with Gasteiger partial charge in [-0.3, -0.25) is 0 Å². The number of hydrogen-bond acceptors (Lipinski definition) is 3. The van der Waals surface area contributed by atoms with Crippen molar-refractivity contribution in [3.8, 4) is 0 Å². The highest BCUT2D eigenvalue weighted by Crippen LogP contribution is 2.14. The van der Waals surface area contributed by atoms with Gasteiger partial charge in [0.1, 0.15) is 5.60 Å². The first kappa shape index (κ1) is 14.4. The van der Waals surface area contributed by atoms with Crippen molar-refractivity contribution in [2.75, 3.05) is 6.54 Å². The molecule has 0 radical (unpaired) electrons. The Bertz CT molecular complexity index is 411. The molecule has 0 aromatic heterocycles. The number of rotatable bonds is 2. The summed E-state index contributed by atoms with van der Waals surface area (Å²) in [6, 6.07) is 0. The Morgan fingerprint density at radius 3 is 2.72 bits per heavy atom. The Morgan fingerprint density at radius 1 is 1.44 bits per heavy atom. The molecule has 2 N–H and O–H groups in total. The molecule has 1 rings (SSSR count). The lowest BCUT2D eigenvalue weighted by atomic mass is 10.2. The second-order valence-corrected chi connectivity index (χ2v) is 5.36. The lowest BCUT2D eigenvalue weighted by Gasteiger charge is -2.19. The quantitative estimate of drug-likeness (QED) is 0.792. The second-order valence-electron chi connectivity index (χ2n) is 5.36. The van der Waals surface area contributed by atoms with Crippen LogP contribution in [0.25, 0.3) is 0 Å². The van der Waals surface area contributed by atoms with Crippen LogP contribution in [-0.4, -0.2) is 23.3 Å².